The Kier molecular flexibility index (Phi) is 7.89. The van der Waals surface area contributed by atoms with Crippen LogP contribution in [0.2, 0.25) is 0 Å². The molecule has 38 heavy (non-hydrogen) atoms. The van der Waals surface area contributed by atoms with Crippen LogP contribution in [0.25, 0.3) is 22.7 Å². The van der Waals surface area contributed by atoms with Gasteiger partial charge in [-0.2, -0.15) is 5.10 Å². The zero-order valence-electron chi connectivity index (χ0n) is 21.8. The molecule has 4 aromatic rings. The largest absolute Gasteiger partial charge is 0.469 e. The molecular weight excluding hydrogens is 492 g/mol. The third kappa shape index (κ3) is 5.15. The fourth-order valence-electron chi connectivity index (χ4n) is 4.06. The Balaban J connectivity index is 1.56. The van der Waals surface area contributed by atoms with Crippen LogP contribution in [0.15, 0.2) is 39.9 Å². The molecule has 0 aliphatic heterocycles. The fraction of sp³-hybridized carbons (Fsp3) is 0.385. The summed E-state index contributed by atoms with van der Waals surface area (Å²) in [6, 6.07) is 7.75. The second kappa shape index (κ2) is 11.3. The van der Waals surface area contributed by atoms with Gasteiger partial charge in [-0.1, -0.05) is 26.0 Å². The van der Waals surface area contributed by atoms with Gasteiger partial charge in [0.2, 0.25) is 5.88 Å². The molecule has 12 heteroatoms. The van der Waals surface area contributed by atoms with E-state index < -0.39 is 11.5 Å². The maximum atomic E-state index is 13.0. The number of Topliss-reactive ketones (excluding diaryl/α,β-unsaturated/α-hetero) is 1. The zero-order chi connectivity index (χ0) is 27.4. The number of carbonyl (C=O) groups is 2. The quantitative estimate of drug-likeness (QED) is 0.234. The number of aromatic amines is 1. The Morgan fingerprint density at radius 2 is 1.63 bits per heavy atom. The number of carbonyl (C=O) groups excluding carboxylic acids is 2. The lowest BCUT2D eigenvalue weighted by atomic mass is 10.1. The van der Waals surface area contributed by atoms with E-state index >= 15 is 0 Å². The number of nitrogens with zero attached hydrogens (tertiary/aromatic N) is 5. The zero-order valence-corrected chi connectivity index (χ0v) is 21.8. The van der Waals surface area contributed by atoms with Crippen molar-refractivity contribution in [2.45, 2.75) is 46.7 Å². The van der Waals surface area contributed by atoms with Crippen molar-refractivity contribution in [3.8, 4) is 17.4 Å². The number of benzene rings is 1. The van der Waals surface area contributed by atoms with E-state index in [1.54, 1.807) is 32.2 Å². The first-order valence-electron chi connectivity index (χ1n) is 12.5. The van der Waals surface area contributed by atoms with Crippen LogP contribution in [0.3, 0.4) is 0 Å². The van der Waals surface area contributed by atoms with Crippen LogP contribution >= 0.6 is 0 Å². The van der Waals surface area contributed by atoms with E-state index in [1.165, 1.54) is 25.9 Å². The number of hydrogen-bond donors (Lipinski definition) is 1. The maximum absolute atomic E-state index is 13.0. The van der Waals surface area contributed by atoms with Gasteiger partial charge < -0.3 is 14.5 Å². The van der Waals surface area contributed by atoms with Crippen molar-refractivity contribution in [2.75, 3.05) is 13.2 Å². The Morgan fingerprint density at radius 1 is 0.974 bits per heavy atom. The smallest absolute Gasteiger partial charge is 0.338 e. The highest BCUT2D eigenvalue weighted by atomic mass is 16.5. The first-order valence-corrected chi connectivity index (χ1v) is 12.5. The number of aromatic nitrogens is 6. The summed E-state index contributed by atoms with van der Waals surface area (Å²) in [5.41, 5.74) is 0.831. The predicted molar refractivity (Wildman–Crippen MR) is 140 cm³/mol. The number of ether oxygens (including phenoxy) is 2. The number of nitrogens with one attached hydrogen (secondary N) is 1. The molecule has 3 aromatic heterocycles. The molecule has 12 nitrogen and oxygen atoms in total. The SMILES string of the molecule is CCCn1c(=O)c2[nH]c(-c3cc(OCC(=O)c4ccc(C(=O)OCC)cc4)n(C)n3)nc2n(CCC)c1=O. The number of H-pyrrole nitrogens is 1. The summed E-state index contributed by atoms with van der Waals surface area (Å²) in [6.45, 7) is 6.31. The number of imidazole rings is 1. The molecular formula is C26H30N6O6. The maximum Gasteiger partial charge on any atom is 0.338 e. The molecule has 0 unspecified atom stereocenters. The third-order valence-electron chi connectivity index (χ3n) is 5.90. The molecule has 0 aliphatic carbocycles. The van der Waals surface area contributed by atoms with Gasteiger partial charge in [-0.25, -0.2) is 19.3 Å². The van der Waals surface area contributed by atoms with E-state index in [1.807, 2.05) is 13.8 Å². The molecule has 0 bridgehead atoms. The molecule has 1 N–H and O–H groups in total. The Hall–Kier alpha value is -4.48. The van der Waals surface area contributed by atoms with Crippen LogP contribution in [-0.2, 0) is 24.9 Å². The Labute approximate surface area is 217 Å². The van der Waals surface area contributed by atoms with Crippen molar-refractivity contribution >= 4 is 22.9 Å². The molecule has 200 valence electrons. The average molecular weight is 523 g/mol. The molecule has 0 aliphatic rings. The molecule has 0 radical (unpaired) electrons. The number of esters is 1. The number of ketones is 1. The van der Waals surface area contributed by atoms with E-state index in [0.717, 1.165) is 0 Å². The number of rotatable bonds is 11. The van der Waals surface area contributed by atoms with E-state index in [0.29, 0.717) is 54.5 Å². The van der Waals surface area contributed by atoms with Crippen LogP contribution in [0, 0.1) is 0 Å². The van der Waals surface area contributed by atoms with Gasteiger partial charge in [0, 0.05) is 31.8 Å². The van der Waals surface area contributed by atoms with E-state index in [2.05, 4.69) is 15.1 Å². The molecule has 0 fully saturated rings. The molecule has 0 saturated heterocycles. The van der Waals surface area contributed by atoms with E-state index in [4.69, 9.17) is 9.47 Å². The lowest BCUT2D eigenvalue weighted by Crippen LogP contribution is -2.40. The van der Waals surface area contributed by atoms with Gasteiger partial charge in [0.05, 0.1) is 12.2 Å². The third-order valence-corrected chi connectivity index (χ3v) is 5.90. The lowest BCUT2D eigenvalue weighted by Gasteiger charge is -2.09. The number of fused-ring (bicyclic) bond motifs is 1. The summed E-state index contributed by atoms with van der Waals surface area (Å²) < 4.78 is 14.8. The van der Waals surface area contributed by atoms with E-state index in [-0.39, 0.29) is 35.9 Å². The Bertz CT molecular complexity index is 1590. The lowest BCUT2D eigenvalue weighted by molar-refractivity contribution is 0.0526. The molecule has 1 aromatic carbocycles. The minimum atomic E-state index is -0.452. The van der Waals surface area contributed by atoms with Crippen molar-refractivity contribution in [1.29, 1.82) is 0 Å². The van der Waals surface area contributed by atoms with Crippen LogP contribution in [0.1, 0.15) is 54.3 Å². The standard InChI is InChI=1S/C26H30N6O6/c1-5-12-31-23-21(24(34)32(13-6-2)26(31)36)27-22(28-23)18-14-20(30(4)29-18)38-15-19(33)16-8-10-17(11-9-16)25(35)37-7-3/h8-11,14H,5-7,12-13,15H2,1-4H3,(H,27,28). The second-order valence-electron chi connectivity index (χ2n) is 8.68. The summed E-state index contributed by atoms with van der Waals surface area (Å²) >= 11 is 0. The summed E-state index contributed by atoms with van der Waals surface area (Å²) in [5.74, 6) is -0.119. The summed E-state index contributed by atoms with van der Waals surface area (Å²) in [6.07, 6.45) is 1.34. The van der Waals surface area contributed by atoms with Crippen LogP contribution in [0.5, 0.6) is 5.88 Å². The van der Waals surface area contributed by atoms with Gasteiger partial charge in [-0.15, -0.1) is 0 Å². The first kappa shape index (κ1) is 26.6. The minimum Gasteiger partial charge on any atom is -0.469 e. The highest BCUT2D eigenvalue weighted by molar-refractivity contribution is 5.98. The summed E-state index contributed by atoms with van der Waals surface area (Å²) in [4.78, 5) is 57.9. The van der Waals surface area contributed by atoms with Gasteiger partial charge in [0.25, 0.3) is 5.56 Å². The summed E-state index contributed by atoms with van der Waals surface area (Å²) in [7, 11) is 1.65. The van der Waals surface area contributed by atoms with Crippen molar-refractivity contribution in [3.63, 3.8) is 0 Å². The fourth-order valence-corrected chi connectivity index (χ4v) is 4.06. The van der Waals surface area contributed by atoms with Gasteiger partial charge in [0.1, 0.15) is 11.2 Å². The van der Waals surface area contributed by atoms with Gasteiger partial charge in [0.15, 0.2) is 23.9 Å². The molecule has 4 rings (SSSR count). The average Bonchev–Trinajstić information content (AvgIpc) is 3.52. The van der Waals surface area contributed by atoms with Gasteiger partial charge >= 0.3 is 11.7 Å². The predicted octanol–water partition coefficient (Wildman–Crippen LogP) is 2.55. The highest BCUT2D eigenvalue weighted by Crippen LogP contribution is 2.22. The van der Waals surface area contributed by atoms with Crippen molar-refractivity contribution in [1.82, 2.24) is 28.9 Å². The number of aryl methyl sites for hydroxylation is 2. The van der Waals surface area contributed by atoms with Crippen LogP contribution < -0.4 is 16.0 Å². The van der Waals surface area contributed by atoms with Gasteiger partial charge in [-0.05, 0) is 31.9 Å². The molecule has 0 amide bonds. The first-order chi connectivity index (χ1) is 18.3. The summed E-state index contributed by atoms with van der Waals surface area (Å²) in [5, 5.41) is 4.40. The molecule has 0 atom stereocenters. The van der Waals surface area contributed by atoms with Crippen molar-refractivity contribution in [2.24, 2.45) is 7.05 Å². The topological polar surface area (TPSA) is 143 Å². The van der Waals surface area contributed by atoms with Crippen molar-refractivity contribution < 1.29 is 19.1 Å². The minimum absolute atomic E-state index is 0.232. The van der Waals surface area contributed by atoms with Crippen molar-refractivity contribution in [3.05, 3.63) is 62.3 Å². The number of hydrogen-bond acceptors (Lipinski definition) is 8. The normalized spacial score (nSPS) is 11.2. The monoisotopic (exact) mass is 522 g/mol. The van der Waals surface area contributed by atoms with E-state index in [9.17, 15) is 19.2 Å². The van der Waals surface area contributed by atoms with Crippen LogP contribution in [0.4, 0.5) is 0 Å². The Morgan fingerprint density at radius 3 is 2.29 bits per heavy atom. The van der Waals surface area contributed by atoms with Crippen LogP contribution in [-0.4, -0.2) is 53.8 Å². The molecule has 0 spiro atoms. The molecule has 0 saturated carbocycles. The molecule has 3 heterocycles. The van der Waals surface area contributed by atoms with Gasteiger partial charge in [-0.3, -0.25) is 18.7 Å². The highest BCUT2D eigenvalue weighted by Gasteiger charge is 2.20. The second-order valence-corrected chi connectivity index (χ2v) is 8.68.